The summed E-state index contributed by atoms with van der Waals surface area (Å²) < 4.78 is 5.10. The summed E-state index contributed by atoms with van der Waals surface area (Å²) in [5.41, 5.74) is 1.32. The van der Waals surface area contributed by atoms with Gasteiger partial charge in [-0.1, -0.05) is 12.1 Å². The molecule has 2 rings (SSSR count). The van der Waals surface area contributed by atoms with Gasteiger partial charge in [0, 0.05) is 0 Å². The molecule has 1 nitrogen and oxygen atoms in total. The largest absolute Gasteiger partial charge is 4.00 e. The zero-order valence-electron chi connectivity index (χ0n) is 9.11. The Hall–Kier alpha value is 0.0243. The molecule has 0 heterocycles. The van der Waals surface area contributed by atoms with Crippen LogP contribution >= 0.6 is 0 Å². The summed E-state index contributed by atoms with van der Waals surface area (Å²) in [6.07, 6.45) is 9.42. The monoisotopic (exact) mass is 268 g/mol. The van der Waals surface area contributed by atoms with Crippen LogP contribution in [0.3, 0.4) is 0 Å². The fourth-order valence-electron chi connectivity index (χ4n) is 1.51. The fourth-order valence-corrected chi connectivity index (χ4v) is 1.51. The van der Waals surface area contributed by atoms with E-state index in [1.807, 2.05) is 12.1 Å². The third-order valence-electron chi connectivity index (χ3n) is 2.30. The Bertz CT molecular complexity index is 280. The van der Waals surface area contributed by atoms with Crippen LogP contribution in [0.15, 0.2) is 24.3 Å². The number of ether oxygens (including phenoxy) is 1. The van der Waals surface area contributed by atoms with Crippen molar-refractivity contribution in [2.45, 2.75) is 6.42 Å². The van der Waals surface area contributed by atoms with Crippen LogP contribution in [0, 0.1) is 31.6 Å². The molecule has 0 spiro atoms. The van der Waals surface area contributed by atoms with Crippen LogP contribution in [0.2, 0.25) is 0 Å². The fraction of sp³-hybridized carbons (Fsp3) is 0.154. The van der Waals surface area contributed by atoms with Gasteiger partial charge in [-0.2, -0.15) is 0 Å². The molecule has 1 saturated carbocycles. The first-order valence-corrected chi connectivity index (χ1v) is 4.72. The number of methoxy groups -OCH3 is 1. The zero-order chi connectivity index (χ0) is 9.80. The second-order valence-electron chi connectivity index (χ2n) is 3.32. The number of rotatable bonds is 3. The van der Waals surface area contributed by atoms with Gasteiger partial charge in [0.05, 0.1) is 7.11 Å². The average Bonchev–Trinajstić information content (AvgIpc) is 2.72. The van der Waals surface area contributed by atoms with Crippen molar-refractivity contribution in [2.24, 2.45) is 0 Å². The van der Waals surface area contributed by atoms with Gasteiger partial charge >= 0.3 is 21.7 Å². The summed E-state index contributed by atoms with van der Waals surface area (Å²) in [6.45, 7) is 0. The SMILES string of the molecule is COc1ccc(C[C]2[CH][CH][CH][CH]2)cc1.[Cl-].[Ti+4]. The minimum Gasteiger partial charge on any atom is -1.00 e. The van der Waals surface area contributed by atoms with E-state index in [0.717, 1.165) is 12.2 Å². The molecule has 0 N–H and O–H groups in total. The quantitative estimate of drug-likeness (QED) is 0.681. The van der Waals surface area contributed by atoms with Crippen LogP contribution in [0.25, 0.3) is 0 Å². The third kappa shape index (κ3) is 4.49. The molecule has 0 amide bonds. The van der Waals surface area contributed by atoms with E-state index in [9.17, 15) is 0 Å². The Kier molecular flexibility index (Phi) is 8.18. The summed E-state index contributed by atoms with van der Waals surface area (Å²) in [4.78, 5) is 0. The van der Waals surface area contributed by atoms with Gasteiger partial charge in [-0.15, -0.1) is 0 Å². The molecule has 16 heavy (non-hydrogen) atoms. The maximum Gasteiger partial charge on any atom is 4.00 e. The molecule has 0 unspecified atom stereocenters. The molecule has 0 saturated heterocycles. The molecule has 1 aliphatic rings. The van der Waals surface area contributed by atoms with E-state index in [1.165, 1.54) is 11.5 Å². The van der Waals surface area contributed by atoms with E-state index < -0.39 is 0 Å². The Morgan fingerprint density at radius 2 is 1.56 bits per heavy atom. The molecule has 0 aromatic heterocycles. The first-order chi connectivity index (χ1) is 6.88. The molecule has 5 radical (unpaired) electrons. The smallest absolute Gasteiger partial charge is 1.00 e. The molecule has 0 aliphatic heterocycles. The minimum atomic E-state index is 0. The second-order valence-corrected chi connectivity index (χ2v) is 3.32. The number of hydrogen-bond acceptors (Lipinski definition) is 1. The van der Waals surface area contributed by atoms with Gasteiger partial charge in [-0.25, -0.2) is 0 Å². The van der Waals surface area contributed by atoms with Crippen LogP contribution in [0.1, 0.15) is 5.56 Å². The molecule has 0 atom stereocenters. The molecular formula is C13H13ClOTi+3. The summed E-state index contributed by atoms with van der Waals surface area (Å²) in [5, 5.41) is 0. The van der Waals surface area contributed by atoms with Crippen molar-refractivity contribution in [2.75, 3.05) is 7.11 Å². The molecule has 3 heteroatoms. The normalized spacial score (nSPS) is 15.1. The van der Waals surface area contributed by atoms with Gasteiger partial charge in [-0.05, 0) is 55.7 Å². The number of benzene rings is 1. The van der Waals surface area contributed by atoms with Crippen molar-refractivity contribution in [3.05, 3.63) is 61.4 Å². The number of halogens is 1. The summed E-state index contributed by atoms with van der Waals surface area (Å²) in [7, 11) is 1.69. The predicted octanol–water partition coefficient (Wildman–Crippen LogP) is -0.356. The standard InChI is InChI=1S/C13H13O.ClH.Ti/c1-14-13-8-6-12(7-9-13)10-11-4-2-3-5-11;;/h2-9H,10H2,1H3;1H;/q;;+4/p-1. The van der Waals surface area contributed by atoms with E-state index >= 15 is 0 Å². The molecule has 1 fully saturated rings. The van der Waals surface area contributed by atoms with Gasteiger partial charge in [-0.3, -0.25) is 0 Å². The first kappa shape index (κ1) is 16.0. The van der Waals surface area contributed by atoms with Gasteiger partial charge in [0.2, 0.25) is 0 Å². The van der Waals surface area contributed by atoms with Crippen molar-refractivity contribution in [1.29, 1.82) is 0 Å². The molecule has 79 valence electrons. The average molecular weight is 269 g/mol. The summed E-state index contributed by atoms with van der Waals surface area (Å²) >= 11 is 0. The topological polar surface area (TPSA) is 9.23 Å². The van der Waals surface area contributed by atoms with Crippen molar-refractivity contribution >= 4 is 0 Å². The second kappa shape index (κ2) is 8.16. The Morgan fingerprint density at radius 1 is 1.00 bits per heavy atom. The van der Waals surface area contributed by atoms with E-state index in [2.05, 4.69) is 37.8 Å². The maximum absolute atomic E-state index is 5.10. The predicted molar refractivity (Wildman–Crippen MR) is 57.1 cm³/mol. The van der Waals surface area contributed by atoms with Crippen molar-refractivity contribution < 1.29 is 38.9 Å². The maximum atomic E-state index is 5.10. The van der Waals surface area contributed by atoms with Crippen LogP contribution in [-0.2, 0) is 28.1 Å². The van der Waals surface area contributed by atoms with E-state index in [4.69, 9.17) is 4.74 Å². The van der Waals surface area contributed by atoms with Crippen LogP contribution in [-0.4, -0.2) is 7.11 Å². The van der Waals surface area contributed by atoms with E-state index in [1.54, 1.807) is 7.11 Å². The van der Waals surface area contributed by atoms with Gasteiger partial charge in [0.1, 0.15) is 5.75 Å². The van der Waals surface area contributed by atoms with Gasteiger partial charge in [0.15, 0.2) is 0 Å². The summed E-state index contributed by atoms with van der Waals surface area (Å²) in [6, 6.07) is 8.20. The third-order valence-corrected chi connectivity index (χ3v) is 2.30. The van der Waals surface area contributed by atoms with Crippen LogP contribution in [0.4, 0.5) is 0 Å². The Labute approximate surface area is 119 Å². The Morgan fingerprint density at radius 3 is 2.06 bits per heavy atom. The van der Waals surface area contributed by atoms with E-state index in [0.29, 0.717) is 0 Å². The van der Waals surface area contributed by atoms with Gasteiger partial charge in [0.25, 0.3) is 0 Å². The minimum absolute atomic E-state index is 0. The first-order valence-electron chi connectivity index (χ1n) is 4.72. The number of hydrogen-bond donors (Lipinski definition) is 0. The molecule has 1 aliphatic carbocycles. The summed E-state index contributed by atoms with van der Waals surface area (Å²) in [5.74, 6) is 2.27. The van der Waals surface area contributed by atoms with Crippen molar-refractivity contribution in [3.63, 3.8) is 0 Å². The van der Waals surface area contributed by atoms with Crippen LogP contribution in [0.5, 0.6) is 5.75 Å². The van der Waals surface area contributed by atoms with Crippen molar-refractivity contribution in [1.82, 2.24) is 0 Å². The zero-order valence-corrected chi connectivity index (χ0v) is 11.4. The van der Waals surface area contributed by atoms with Gasteiger partial charge < -0.3 is 17.1 Å². The van der Waals surface area contributed by atoms with E-state index in [-0.39, 0.29) is 34.1 Å². The van der Waals surface area contributed by atoms with Crippen molar-refractivity contribution in [3.8, 4) is 5.75 Å². The van der Waals surface area contributed by atoms with Crippen LogP contribution < -0.4 is 17.1 Å². The molecular weight excluding hydrogens is 255 g/mol. The molecule has 1 aromatic carbocycles. The molecule has 1 aromatic rings. The molecule has 0 bridgehead atoms. The Balaban J connectivity index is 0.00000112.